The van der Waals surface area contributed by atoms with Gasteiger partial charge in [-0.05, 0) is 53.6 Å². The summed E-state index contributed by atoms with van der Waals surface area (Å²) in [4.78, 5) is 0. The summed E-state index contributed by atoms with van der Waals surface area (Å²) >= 11 is 2.23. The molecule has 19 heavy (non-hydrogen) atoms. The van der Waals surface area contributed by atoms with E-state index in [2.05, 4.69) is 36.1 Å². The predicted molar refractivity (Wildman–Crippen MR) is 86.8 cm³/mol. The monoisotopic (exact) mass is 376 g/mol. The minimum atomic E-state index is -0.288. The second kappa shape index (κ2) is 8.43. The average Bonchev–Trinajstić information content (AvgIpc) is 2.41. The molecule has 106 valence electrons. The molecule has 1 aromatic carbocycles. The summed E-state index contributed by atoms with van der Waals surface area (Å²) in [6.45, 7) is 8.50. The van der Waals surface area contributed by atoms with Gasteiger partial charge in [-0.1, -0.05) is 26.0 Å². The summed E-state index contributed by atoms with van der Waals surface area (Å²) in [5, 5.41) is 0. The lowest BCUT2D eigenvalue weighted by molar-refractivity contribution is -0.0687. The van der Waals surface area contributed by atoms with Gasteiger partial charge in [-0.25, -0.2) is 0 Å². The van der Waals surface area contributed by atoms with E-state index in [4.69, 9.17) is 14.2 Å². The fraction of sp³-hybridized carbons (Fsp3) is 0.467. The minimum Gasteiger partial charge on any atom is -0.493 e. The molecule has 1 rings (SSSR count). The molecule has 0 bridgehead atoms. The summed E-state index contributed by atoms with van der Waals surface area (Å²) in [6.07, 6.45) is 3.65. The van der Waals surface area contributed by atoms with Crippen LogP contribution in [0.15, 0.2) is 18.7 Å². The van der Waals surface area contributed by atoms with E-state index in [1.54, 1.807) is 13.2 Å². The standard InChI is InChI=1S/C15H21IO3/c1-5-7-8-18-11(3)19-15-13(16)9-12(6-2)10-14(15)17-4/h6,9-11H,2,5,7-8H2,1,3-4H3. The van der Waals surface area contributed by atoms with Crippen molar-refractivity contribution in [3.8, 4) is 11.5 Å². The van der Waals surface area contributed by atoms with Crippen LogP contribution in [-0.4, -0.2) is 20.0 Å². The van der Waals surface area contributed by atoms with Crippen LogP contribution >= 0.6 is 22.6 Å². The molecule has 4 heteroatoms. The van der Waals surface area contributed by atoms with Crippen molar-refractivity contribution >= 4 is 28.7 Å². The maximum Gasteiger partial charge on any atom is 0.197 e. The molecule has 0 amide bonds. The topological polar surface area (TPSA) is 27.7 Å². The predicted octanol–water partition coefficient (Wildman–Crippen LogP) is 4.48. The molecule has 1 unspecified atom stereocenters. The molecule has 1 aromatic rings. The van der Waals surface area contributed by atoms with E-state index in [0.29, 0.717) is 12.4 Å². The molecule has 0 saturated carbocycles. The van der Waals surface area contributed by atoms with Crippen LogP contribution in [0.2, 0.25) is 0 Å². The molecule has 0 fully saturated rings. The Morgan fingerprint density at radius 2 is 2.16 bits per heavy atom. The van der Waals surface area contributed by atoms with Crippen molar-refractivity contribution < 1.29 is 14.2 Å². The van der Waals surface area contributed by atoms with Gasteiger partial charge >= 0.3 is 0 Å². The number of hydrogen-bond donors (Lipinski definition) is 0. The summed E-state index contributed by atoms with van der Waals surface area (Å²) in [6, 6.07) is 3.91. The van der Waals surface area contributed by atoms with Crippen LogP contribution in [0.3, 0.4) is 0 Å². The van der Waals surface area contributed by atoms with Gasteiger partial charge in [0.15, 0.2) is 17.8 Å². The number of rotatable bonds is 8. The SMILES string of the molecule is C=Cc1cc(I)c(OC(C)OCCCC)c(OC)c1. The van der Waals surface area contributed by atoms with Crippen LogP contribution in [-0.2, 0) is 4.74 Å². The average molecular weight is 376 g/mol. The Balaban J connectivity index is 2.79. The van der Waals surface area contributed by atoms with E-state index in [9.17, 15) is 0 Å². The zero-order valence-electron chi connectivity index (χ0n) is 11.7. The number of hydrogen-bond acceptors (Lipinski definition) is 3. The molecule has 0 N–H and O–H groups in total. The van der Waals surface area contributed by atoms with Crippen molar-refractivity contribution in [2.75, 3.05) is 13.7 Å². The van der Waals surface area contributed by atoms with E-state index in [-0.39, 0.29) is 6.29 Å². The van der Waals surface area contributed by atoms with Crippen molar-refractivity contribution in [2.45, 2.75) is 33.0 Å². The van der Waals surface area contributed by atoms with Gasteiger partial charge in [0.1, 0.15) is 0 Å². The van der Waals surface area contributed by atoms with Crippen molar-refractivity contribution in [1.29, 1.82) is 0 Å². The summed E-state index contributed by atoms with van der Waals surface area (Å²) in [7, 11) is 1.63. The molecule has 1 atom stereocenters. The summed E-state index contributed by atoms with van der Waals surface area (Å²) < 4.78 is 17.8. The molecule has 0 heterocycles. The van der Waals surface area contributed by atoms with E-state index in [0.717, 1.165) is 27.7 Å². The minimum absolute atomic E-state index is 0.288. The number of unbranched alkanes of at least 4 members (excludes halogenated alkanes) is 1. The molecule has 0 aromatic heterocycles. The van der Waals surface area contributed by atoms with Gasteiger partial charge in [0.05, 0.1) is 17.3 Å². The third-order valence-corrected chi connectivity index (χ3v) is 3.42. The molecule has 0 aliphatic heterocycles. The highest BCUT2D eigenvalue weighted by atomic mass is 127. The van der Waals surface area contributed by atoms with Crippen LogP contribution in [0.25, 0.3) is 6.08 Å². The van der Waals surface area contributed by atoms with E-state index in [1.807, 2.05) is 19.1 Å². The zero-order chi connectivity index (χ0) is 14.3. The number of benzene rings is 1. The maximum absolute atomic E-state index is 5.82. The molecule has 0 aliphatic carbocycles. The smallest absolute Gasteiger partial charge is 0.197 e. The van der Waals surface area contributed by atoms with Crippen LogP contribution in [0.5, 0.6) is 11.5 Å². The largest absolute Gasteiger partial charge is 0.493 e. The zero-order valence-corrected chi connectivity index (χ0v) is 13.9. The van der Waals surface area contributed by atoms with Crippen LogP contribution in [0, 0.1) is 3.57 Å². The lowest BCUT2D eigenvalue weighted by atomic mass is 10.2. The van der Waals surface area contributed by atoms with Crippen molar-refractivity contribution in [3.63, 3.8) is 0 Å². The van der Waals surface area contributed by atoms with E-state index < -0.39 is 0 Å². The third-order valence-electron chi connectivity index (χ3n) is 2.62. The molecular formula is C15H21IO3. The highest BCUT2D eigenvalue weighted by molar-refractivity contribution is 14.1. The molecule has 0 radical (unpaired) electrons. The Morgan fingerprint density at radius 1 is 1.42 bits per heavy atom. The Labute approximate surface area is 129 Å². The quantitative estimate of drug-likeness (QED) is 0.380. The molecule has 0 spiro atoms. The van der Waals surface area contributed by atoms with Crippen LogP contribution in [0.1, 0.15) is 32.3 Å². The normalized spacial score (nSPS) is 12.0. The molecule has 0 saturated heterocycles. The van der Waals surface area contributed by atoms with Gasteiger partial charge in [0.25, 0.3) is 0 Å². The van der Waals surface area contributed by atoms with Gasteiger partial charge in [-0.2, -0.15) is 0 Å². The van der Waals surface area contributed by atoms with E-state index >= 15 is 0 Å². The second-order valence-electron chi connectivity index (χ2n) is 4.15. The fourth-order valence-electron chi connectivity index (χ4n) is 1.57. The van der Waals surface area contributed by atoms with Gasteiger partial charge in [0, 0.05) is 0 Å². The Morgan fingerprint density at radius 3 is 2.74 bits per heavy atom. The van der Waals surface area contributed by atoms with Crippen LogP contribution in [0.4, 0.5) is 0 Å². The van der Waals surface area contributed by atoms with Crippen molar-refractivity contribution in [2.24, 2.45) is 0 Å². The van der Waals surface area contributed by atoms with Crippen molar-refractivity contribution in [3.05, 3.63) is 27.8 Å². The highest BCUT2D eigenvalue weighted by Crippen LogP contribution is 2.35. The number of halogens is 1. The first kappa shape index (κ1) is 16.3. The number of ether oxygens (including phenoxy) is 3. The first-order valence-corrected chi connectivity index (χ1v) is 7.48. The summed E-state index contributed by atoms with van der Waals surface area (Å²) in [5.41, 5.74) is 1.01. The van der Waals surface area contributed by atoms with Gasteiger partial charge < -0.3 is 14.2 Å². The Hall–Kier alpha value is -0.750. The Bertz CT molecular complexity index is 418. The first-order chi connectivity index (χ1) is 9.12. The third kappa shape index (κ3) is 5.03. The highest BCUT2D eigenvalue weighted by Gasteiger charge is 2.14. The van der Waals surface area contributed by atoms with Gasteiger partial charge in [0.2, 0.25) is 0 Å². The lowest BCUT2D eigenvalue weighted by Gasteiger charge is -2.19. The van der Waals surface area contributed by atoms with E-state index in [1.165, 1.54) is 0 Å². The van der Waals surface area contributed by atoms with Gasteiger partial charge in [-0.15, -0.1) is 0 Å². The first-order valence-electron chi connectivity index (χ1n) is 6.40. The fourth-order valence-corrected chi connectivity index (χ4v) is 2.32. The van der Waals surface area contributed by atoms with Crippen LogP contribution < -0.4 is 9.47 Å². The number of methoxy groups -OCH3 is 1. The summed E-state index contributed by atoms with van der Waals surface area (Å²) in [5.74, 6) is 1.42. The van der Waals surface area contributed by atoms with Crippen molar-refractivity contribution in [1.82, 2.24) is 0 Å². The second-order valence-corrected chi connectivity index (χ2v) is 5.31. The maximum atomic E-state index is 5.82. The van der Waals surface area contributed by atoms with Gasteiger partial charge in [-0.3, -0.25) is 0 Å². The lowest BCUT2D eigenvalue weighted by Crippen LogP contribution is -2.18. The molecule has 0 aliphatic rings. The Kier molecular flexibility index (Phi) is 7.23. The molecule has 3 nitrogen and oxygen atoms in total. The molecular weight excluding hydrogens is 355 g/mol.